The number of hydrogen-bond donors (Lipinski definition) is 0. The van der Waals surface area contributed by atoms with Gasteiger partial charge in [-0.1, -0.05) is 18.2 Å². The van der Waals surface area contributed by atoms with E-state index in [-0.39, 0.29) is 17.8 Å². The van der Waals surface area contributed by atoms with Crippen molar-refractivity contribution in [1.29, 1.82) is 0 Å². The fourth-order valence-electron chi connectivity index (χ4n) is 4.67. The zero-order valence-corrected chi connectivity index (χ0v) is 20.2. The van der Waals surface area contributed by atoms with Crippen LogP contribution in [-0.2, 0) is 11.8 Å². The Bertz CT molecular complexity index is 1370. The lowest BCUT2D eigenvalue weighted by atomic mass is 9.89. The summed E-state index contributed by atoms with van der Waals surface area (Å²) in [4.78, 5) is 15.3. The number of hydrogen-bond acceptors (Lipinski definition) is 6. The summed E-state index contributed by atoms with van der Waals surface area (Å²) in [7, 11) is 7.61. The van der Waals surface area contributed by atoms with Gasteiger partial charge < -0.3 is 14.4 Å². The Labute approximate surface area is 198 Å². The van der Waals surface area contributed by atoms with Gasteiger partial charge in [-0.3, -0.25) is 9.13 Å². The highest BCUT2D eigenvalue weighted by atomic mass is 16.5. The van der Waals surface area contributed by atoms with Crippen molar-refractivity contribution < 1.29 is 9.47 Å². The van der Waals surface area contributed by atoms with Crippen LogP contribution in [0.3, 0.4) is 0 Å². The maximum atomic E-state index is 13.1. The molecule has 0 saturated heterocycles. The van der Waals surface area contributed by atoms with Crippen LogP contribution >= 0.6 is 0 Å². The standard InChI is InChI=1S/C26H31N5O3/c1-29(2)12-5-13-34-20-9-6-17(7-10-20)18-8-11-23-22(14-18)24-25(28-27-23)30(3)26(32)31(24)19-15-21(16-19)33-4/h6-11,14,19,21H,5,12-13,15-16H2,1-4H3/t19-,21-. The molecule has 8 nitrogen and oxygen atoms in total. The number of nitrogens with zero attached hydrogens (tertiary/aromatic N) is 5. The van der Waals surface area contributed by atoms with Crippen molar-refractivity contribution in [3.05, 3.63) is 52.9 Å². The van der Waals surface area contributed by atoms with Gasteiger partial charge in [-0.05, 0) is 68.8 Å². The molecule has 0 amide bonds. The maximum Gasteiger partial charge on any atom is 0.330 e. The minimum absolute atomic E-state index is 0.0578. The van der Waals surface area contributed by atoms with E-state index in [0.717, 1.165) is 59.1 Å². The van der Waals surface area contributed by atoms with Crippen molar-refractivity contribution in [3.63, 3.8) is 0 Å². The highest BCUT2D eigenvalue weighted by Gasteiger charge is 2.34. The third-order valence-corrected chi connectivity index (χ3v) is 6.74. The van der Waals surface area contributed by atoms with Crippen molar-refractivity contribution in [2.45, 2.75) is 31.4 Å². The quantitative estimate of drug-likeness (QED) is 0.373. The second kappa shape index (κ2) is 9.19. The molecule has 34 heavy (non-hydrogen) atoms. The van der Waals surface area contributed by atoms with Gasteiger partial charge in [-0.15, -0.1) is 10.2 Å². The molecule has 1 aliphatic rings. The van der Waals surface area contributed by atoms with Gasteiger partial charge in [0.05, 0.1) is 18.2 Å². The minimum atomic E-state index is -0.0578. The highest BCUT2D eigenvalue weighted by molar-refractivity contribution is 6.02. The number of imidazole rings is 1. The number of fused-ring (bicyclic) bond motifs is 3. The fourth-order valence-corrected chi connectivity index (χ4v) is 4.67. The Morgan fingerprint density at radius 2 is 1.79 bits per heavy atom. The summed E-state index contributed by atoms with van der Waals surface area (Å²) in [5.41, 5.74) is 4.32. The lowest BCUT2D eigenvalue weighted by molar-refractivity contribution is 0.00635. The molecule has 0 N–H and O–H groups in total. The molecule has 0 unspecified atom stereocenters. The summed E-state index contributed by atoms with van der Waals surface area (Å²) in [5.74, 6) is 0.867. The molecule has 1 aliphatic carbocycles. The topological polar surface area (TPSA) is 74.4 Å². The van der Waals surface area contributed by atoms with E-state index in [1.54, 1.807) is 18.7 Å². The van der Waals surface area contributed by atoms with E-state index in [1.807, 2.05) is 28.8 Å². The van der Waals surface area contributed by atoms with Gasteiger partial charge in [-0.2, -0.15) is 0 Å². The third kappa shape index (κ3) is 4.08. The number of benzene rings is 2. The fraction of sp³-hybridized carbons (Fsp3) is 0.423. The Morgan fingerprint density at radius 3 is 2.50 bits per heavy atom. The molecule has 2 aromatic carbocycles. The van der Waals surface area contributed by atoms with E-state index in [4.69, 9.17) is 9.47 Å². The summed E-state index contributed by atoms with van der Waals surface area (Å²) in [5, 5.41) is 9.70. The number of aromatic nitrogens is 4. The molecule has 8 heteroatoms. The van der Waals surface area contributed by atoms with Gasteiger partial charge >= 0.3 is 5.69 Å². The van der Waals surface area contributed by atoms with Crippen LogP contribution in [0.1, 0.15) is 25.3 Å². The van der Waals surface area contributed by atoms with Gasteiger partial charge in [0, 0.05) is 32.1 Å². The minimum Gasteiger partial charge on any atom is -0.494 e. The summed E-state index contributed by atoms with van der Waals surface area (Å²) in [6.45, 7) is 1.70. The highest BCUT2D eigenvalue weighted by Crippen LogP contribution is 2.37. The smallest absolute Gasteiger partial charge is 0.330 e. The van der Waals surface area contributed by atoms with E-state index in [0.29, 0.717) is 12.3 Å². The van der Waals surface area contributed by atoms with Crippen molar-refractivity contribution in [1.82, 2.24) is 24.2 Å². The van der Waals surface area contributed by atoms with Crippen LogP contribution in [0.15, 0.2) is 47.3 Å². The monoisotopic (exact) mass is 461 g/mol. The first-order valence-electron chi connectivity index (χ1n) is 11.7. The Balaban J connectivity index is 1.48. The lowest BCUT2D eigenvalue weighted by Gasteiger charge is -2.34. The van der Waals surface area contributed by atoms with Gasteiger partial charge in [0.2, 0.25) is 0 Å². The van der Waals surface area contributed by atoms with Crippen molar-refractivity contribution in [2.75, 3.05) is 34.4 Å². The molecule has 1 fully saturated rings. The third-order valence-electron chi connectivity index (χ3n) is 6.74. The second-order valence-corrected chi connectivity index (χ2v) is 9.33. The van der Waals surface area contributed by atoms with Gasteiger partial charge in [0.1, 0.15) is 11.3 Å². The molecular formula is C26H31N5O3. The average Bonchev–Trinajstić information content (AvgIpc) is 3.07. The molecule has 0 aliphatic heterocycles. The summed E-state index contributed by atoms with van der Waals surface area (Å²) in [6, 6.07) is 14.4. The first-order valence-corrected chi connectivity index (χ1v) is 11.7. The SMILES string of the molecule is CO[C@H]1C[C@H](n2c(=O)n(C)c3nnc4ccc(-c5ccc(OCCCN(C)C)cc5)cc4c32)C1. The van der Waals surface area contributed by atoms with Crippen LogP contribution in [0, 0.1) is 0 Å². The number of methoxy groups -OCH3 is 1. The van der Waals surface area contributed by atoms with Crippen LogP contribution in [0.25, 0.3) is 33.2 Å². The molecule has 1 saturated carbocycles. The first-order chi connectivity index (χ1) is 16.5. The molecule has 178 valence electrons. The molecular weight excluding hydrogens is 430 g/mol. The summed E-state index contributed by atoms with van der Waals surface area (Å²) >= 11 is 0. The normalized spacial score (nSPS) is 18.0. The molecule has 0 spiro atoms. The number of rotatable bonds is 8. The average molecular weight is 462 g/mol. The predicted octanol–water partition coefficient (Wildman–Crippen LogP) is 3.63. The van der Waals surface area contributed by atoms with Crippen LogP contribution in [0.5, 0.6) is 5.75 Å². The van der Waals surface area contributed by atoms with Crippen molar-refractivity contribution in [3.8, 4) is 16.9 Å². The molecule has 0 radical (unpaired) electrons. The zero-order valence-electron chi connectivity index (χ0n) is 20.2. The van der Waals surface area contributed by atoms with Crippen molar-refractivity contribution >= 4 is 22.1 Å². The van der Waals surface area contributed by atoms with Crippen LogP contribution in [0.2, 0.25) is 0 Å². The molecule has 0 atom stereocenters. The maximum absolute atomic E-state index is 13.1. The molecule has 2 heterocycles. The Kier molecular flexibility index (Phi) is 6.10. The number of ether oxygens (including phenoxy) is 2. The van der Waals surface area contributed by atoms with Crippen LogP contribution in [-0.4, -0.2) is 64.7 Å². The van der Waals surface area contributed by atoms with E-state index < -0.39 is 0 Å². The molecule has 0 bridgehead atoms. The van der Waals surface area contributed by atoms with E-state index >= 15 is 0 Å². The Hall–Kier alpha value is -3.23. The van der Waals surface area contributed by atoms with Gasteiger partial charge in [-0.25, -0.2) is 4.79 Å². The molecule has 5 rings (SSSR count). The van der Waals surface area contributed by atoms with Crippen LogP contribution < -0.4 is 10.4 Å². The summed E-state index contributed by atoms with van der Waals surface area (Å²) in [6.07, 6.45) is 2.85. The Morgan fingerprint density at radius 1 is 1.06 bits per heavy atom. The van der Waals surface area contributed by atoms with Gasteiger partial charge in [0.25, 0.3) is 0 Å². The molecule has 2 aromatic heterocycles. The van der Waals surface area contributed by atoms with Gasteiger partial charge in [0.15, 0.2) is 5.65 Å². The largest absolute Gasteiger partial charge is 0.494 e. The van der Waals surface area contributed by atoms with E-state index in [9.17, 15) is 4.79 Å². The first kappa shape index (κ1) is 22.6. The second-order valence-electron chi connectivity index (χ2n) is 9.33. The lowest BCUT2D eigenvalue weighted by Crippen LogP contribution is -2.37. The molecule has 4 aromatic rings. The zero-order chi connectivity index (χ0) is 23.8. The van der Waals surface area contributed by atoms with Crippen molar-refractivity contribution in [2.24, 2.45) is 7.05 Å². The predicted molar refractivity (Wildman–Crippen MR) is 133 cm³/mol. The van der Waals surface area contributed by atoms with E-state index in [2.05, 4.69) is 47.4 Å². The summed E-state index contributed by atoms with van der Waals surface area (Å²) < 4.78 is 14.8. The van der Waals surface area contributed by atoms with E-state index in [1.165, 1.54) is 0 Å². The number of aryl methyl sites for hydroxylation is 1. The van der Waals surface area contributed by atoms with Crippen LogP contribution in [0.4, 0.5) is 0 Å².